The highest BCUT2D eigenvalue weighted by Crippen LogP contribution is 2.41. The molecule has 0 atom stereocenters. The standard InChI is InChI=1S/C17H22O/c1-12-7-9-14(10-8-12)16(18)15-13(2)6-5-11-17(15,3)4/h7-10H,5-6,11H2,1-4H3. The highest BCUT2D eigenvalue weighted by molar-refractivity contribution is 6.10. The maximum absolute atomic E-state index is 12.7. The van der Waals surface area contributed by atoms with E-state index >= 15 is 0 Å². The lowest BCUT2D eigenvalue weighted by Gasteiger charge is -2.33. The molecule has 0 amide bonds. The van der Waals surface area contributed by atoms with Crippen LogP contribution in [0.1, 0.15) is 56.0 Å². The van der Waals surface area contributed by atoms with Crippen LogP contribution >= 0.6 is 0 Å². The Morgan fingerprint density at radius 3 is 2.28 bits per heavy atom. The Morgan fingerprint density at radius 1 is 1.11 bits per heavy atom. The van der Waals surface area contributed by atoms with Crippen LogP contribution in [0.4, 0.5) is 0 Å². The number of carbonyl (C=O) groups excluding carboxylic acids is 1. The SMILES string of the molecule is CC1=C(C(=O)c2ccc(C)cc2)C(C)(C)CCC1. The molecule has 1 aliphatic carbocycles. The number of benzene rings is 1. The second-order valence-electron chi connectivity index (χ2n) is 6.09. The summed E-state index contributed by atoms with van der Waals surface area (Å²) in [6, 6.07) is 7.92. The number of Topliss-reactive ketones (excluding diaryl/α,β-unsaturated/α-hetero) is 1. The second kappa shape index (κ2) is 4.72. The molecular formula is C17H22O. The average Bonchev–Trinajstić information content (AvgIpc) is 2.28. The first-order valence-corrected chi connectivity index (χ1v) is 6.73. The summed E-state index contributed by atoms with van der Waals surface area (Å²) in [6.07, 6.45) is 3.37. The summed E-state index contributed by atoms with van der Waals surface area (Å²) < 4.78 is 0. The number of rotatable bonds is 2. The third-order valence-electron chi connectivity index (χ3n) is 4.00. The van der Waals surface area contributed by atoms with Gasteiger partial charge in [-0.3, -0.25) is 4.79 Å². The van der Waals surface area contributed by atoms with E-state index in [9.17, 15) is 4.79 Å². The summed E-state index contributed by atoms with van der Waals surface area (Å²) in [6.45, 7) is 8.54. The molecule has 1 aromatic carbocycles. The fraction of sp³-hybridized carbons (Fsp3) is 0.471. The van der Waals surface area contributed by atoms with Crippen molar-refractivity contribution < 1.29 is 4.79 Å². The van der Waals surface area contributed by atoms with Gasteiger partial charge in [0.2, 0.25) is 0 Å². The van der Waals surface area contributed by atoms with Gasteiger partial charge in [-0.25, -0.2) is 0 Å². The van der Waals surface area contributed by atoms with E-state index in [4.69, 9.17) is 0 Å². The molecule has 0 fully saturated rings. The molecule has 0 saturated carbocycles. The van der Waals surface area contributed by atoms with Crippen molar-refractivity contribution >= 4 is 5.78 Å². The maximum atomic E-state index is 12.7. The second-order valence-corrected chi connectivity index (χ2v) is 6.09. The van der Waals surface area contributed by atoms with E-state index < -0.39 is 0 Å². The van der Waals surface area contributed by atoms with Gasteiger partial charge in [0.05, 0.1) is 0 Å². The minimum atomic E-state index is 0.0182. The minimum absolute atomic E-state index is 0.0182. The number of carbonyl (C=O) groups is 1. The summed E-state index contributed by atoms with van der Waals surface area (Å²) in [5.41, 5.74) is 4.35. The van der Waals surface area contributed by atoms with Crippen molar-refractivity contribution in [1.82, 2.24) is 0 Å². The van der Waals surface area contributed by atoms with Gasteiger partial charge in [-0.2, -0.15) is 0 Å². The lowest BCUT2D eigenvalue weighted by Crippen LogP contribution is -2.26. The van der Waals surface area contributed by atoms with E-state index in [1.165, 1.54) is 17.6 Å². The molecule has 0 unspecified atom stereocenters. The molecule has 0 N–H and O–H groups in total. The van der Waals surface area contributed by atoms with Crippen LogP contribution in [0.25, 0.3) is 0 Å². The molecule has 0 aliphatic heterocycles. The zero-order valence-electron chi connectivity index (χ0n) is 11.8. The van der Waals surface area contributed by atoms with Gasteiger partial charge in [0.1, 0.15) is 0 Å². The van der Waals surface area contributed by atoms with Gasteiger partial charge < -0.3 is 0 Å². The summed E-state index contributed by atoms with van der Waals surface area (Å²) in [7, 11) is 0. The van der Waals surface area contributed by atoms with E-state index in [1.54, 1.807) is 0 Å². The molecule has 0 saturated heterocycles. The number of hydrogen-bond acceptors (Lipinski definition) is 1. The molecule has 0 bridgehead atoms. The quantitative estimate of drug-likeness (QED) is 0.687. The Kier molecular flexibility index (Phi) is 3.43. The topological polar surface area (TPSA) is 17.1 Å². The van der Waals surface area contributed by atoms with Crippen LogP contribution in [0.2, 0.25) is 0 Å². The van der Waals surface area contributed by atoms with Gasteiger partial charge in [0.15, 0.2) is 5.78 Å². The molecule has 0 radical (unpaired) electrons. The lowest BCUT2D eigenvalue weighted by atomic mass is 9.70. The minimum Gasteiger partial charge on any atom is -0.289 e. The van der Waals surface area contributed by atoms with Gasteiger partial charge >= 0.3 is 0 Å². The van der Waals surface area contributed by atoms with Crippen LogP contribution in [0, 0.1) is 12.3 Å². The van der Waals surface area contributed by atoms with Crippen molar-refractivity contribution in [2.24, 2.45) is 5.41 Å². The largest absolute Gasteiger partial charge is 0.289 e. The van der Waals surface area contributed by atoms with E-state index in [0.717, 1.165) is 24.0 Å². The summed E-state index contributed by atoms with van der Waals surface area (Å²) in [5.74, 6) is 0.220. The molecule has 0 spiro atoms. The van der Waals surface area contributed by atoms with Crippen molar-refractivity contribution in [1.29, 1.82) is 0 Å². The zero-order chi connectivity index (χ0) is 13.3. The van der Waals surface area contributed by atoms with Gasteiger partial charge in [0, 0.05) is 11.1 Å². The normalized spacial score (nSPS) is 18.9. The van der Waals surface area contributed by atoms with Gasteiger partial charge in [-0.1, -0.05) is 49.2 Å². The van der Waals surface area contributed by atoms with Crippen molar-refractivity contribution in [3.05, 3.63) is 46.5 Å². The Morgan fingerprint density at radius 2 is 1.72 bits per heavy atom. The molecule has 18 heavy (non-hydrogen) atoms. The molecule has 1 nitrogen and oxygen atoms in total. The van der Waals surface area contributed by atoms with Gasteiger partial charge in [0.25, 0.3) is 0 Å². The fourth-order valence-electron chi connectivity index (χ4n) is 2.97. The molecule has 96 valence electrons. The van der Waals surface area contributed by atoms with E-state index in [0.29, 0.717) is 0 Å². The van der Waals surface area contributed by atoms with E-state index in [2.05, 4.69) is 20.8 Å². The smallest absolute Gasteiger partial charge is 0.189 e. The van der Waals surface area contributed by atoms with E-state index in [-0.39, 0.29) is 11.2 Å². The molecule has 0 aromatic heterocycles. The Bertz CT molecular complexity index is 489. The number of aryl methyl sites for hydroxylation is 1. The predicted molar refractivity (Wildman–Crippen MR) is 75.8 cm³/mol. The predicted octanol–water partition coefficient (Wildman–Crippen LogP) is 4.70. The maximum Gasteiger partial charge on any atom is 0.189 e. The van der Waals surface area contributed by atoms with Crippen molar-refractivity contribution in [3.8, 4) is 0 Å². The monoisotopic (exact) mass is 242 g/mol. The van der Waals surface area contributed by atoms with Crippen LogP contribution in [0.5, 0.6) is 0 Å². The number of hydrogen-bond donors (Lipinski definition) is 0. The molecule has 1 heteroatoms. The highest BCUT2D eigenvalue weighted by Gasteiger charge is 2.33. The van der Waals surface area contributed by atoms with Crippen molar-refractivity contribution in [3.63, 3.8) is 0 Å². The molecule has 1 aromatic rings. The van der Waals surface area contributed by atoms with Gasteiger partial charge in [-0.05, 0) is 38.5 Å². The first-order valence-electron chi connectivity index (χ1n) is 6.73. The Balaban J connectivity index is 2.41. The number of allylic oxidation sites excluding steroid dienone is 2. The third kappa shape index (κ3) is 2.40. The fourth-order valence-corrected chi connectivity index (χ4v) is 2.97. The molecule has 2 rings (SSSR count). The van der Waals surface area contributed by atoms with Crippen LogP contribution in [0.3, 0.4) is 0 Å². The van der Waals surface area contributed by atoms with Crippen LogP contribution in [-0.2, 0) is 0 Å². The first kappa shape index (κ1) is 13.1. The number of ketones is 1. The molecular weight excluding hydrogens is 220 g/mol. The van der Waals surface area contributed by atoms with E-state index in [1.807, 2.05) is 31.2 Å². The third-order valence-corrected chi connectivity index (χ3v) is 4.00. The zero-order valence-corrected chi connectivity index (χ0v) is 11.8. The Labute approximate surface area is 110 Å². The molecule has 1 aliphatic rings. The van der Waals surface area contributed by atoms with Crippen molar-refractivity contribution in [2.75, 3.05) is 0 Å². The summed E-state index contributed by atoms with van der Waals surface area (Å²) in [5, 5.41) is 0. The van der Waals surface area contributed by atoms with Crippen molar-refractivity contribution in [2.45, 2.75) is 47.0 Å². The molecule has 0 heterocycles. The average molecular weight is 242 g/mol. The van der Waals surface area contributed by atoms with Crippen LogP contribution in [-0.4, -0.2) is 5.78 Å². The lowest BCUT2D eigenvalue weighted by molar-refractivity contribution is 0.0998. The van der Waals surface area contributed by atoms with Gasteiger partial charge in [-0.15, -0.1) is 0 Å². The summed E-state index contributed by atoms with van der Waals surface area (Å²) >= 11 is 0. The summed E-state index contributed by atoms with van der Waals surface area (Å²) in [4.78, 5) is 12.7. The Hall–Kier alpha value is -1.37. The van der Waals surface area contributed by atoms with Crippen LogP contribution in [0.15, 0.2) is 35.4 Å². The van der Waals surface area contributed by atoms with Crippen LogP contribution < -0.4 is 0 Å². The first-order chi connectivity index (χ1) is 8.42. The highest BCUT2D eigenvalue weighted by atomic mass is 16.1.